The lowest BCUT2D eigenvalue weighted by molar-refractivity contribution is 1.04. The highest BCUT2D eigenvalue weighted by atomic mass is 35.5. The van der Waals surface area contributed by atoms with Gasteiger partial charge in [-0.3, -0.25) is 4.98 Å². The first kappa shape index (κ1) is 10.1. The molecule has 0 unspecified atom stereocenters. The number of nitrogens with one attached hydrogen (secondary N) is 1. The highest BCUT2D eigenvalue weighted by molar-refractivity contribution is 5.85. The quantitative estimate of drug-likeness (QED) is 0.489. The first-order valence-electron chi connectivity index (χ1n) is 3.01. The Morgan fingerprint density at radius 2 is 2.09 bits per heavy atom. The van der Waals surface area contributed by atoms with E-state index >= 15 is 0 Å². The molecule has 0 atom stereocenters. The Balaban J connectivity index is 0.000001000. The van der Waals surface area contributed by atoms with Crippen molar-refractivity contribution in [2.24, 2.45) is 5.84 Å². The molecule has 0 aliphatic carbocycles. The highest BCUT2D eigenvalue weighted by Gasteiger charge is 1.96. The molecule has 0 saturated carbocycles. The van der Waals surface area contributed by atoms with Gasteiger partial charge in [0.05, 0.1) is 17.6 Å². The number of hydrogen-bond acceptors (Lipinski definition) is 4. The van der Waals surface area contributed by atoms with E-state index in [0.717, 1.165) is 11.4 Å². The SMILES string of the molecule is Cc1cnc(NN)c(C)n1.Cl. The molecule has 0 radical (unpaired) electrons. The maximum atomic E-state index is 5.15. The summed E-state index contributed by atoms with van der Waals surface area (Å²) < 4.78 is 0. The zero-order chi connectivity index (χ0) is 7.56. The minimum absolute atomic E-state index is 0. The monoisotopic (exact) mass is 174 g/mol. The number of nitrogen functional groups attached to an aromatic ring is 1. The van der Waals surface area contributed by atoms with Gasteiger partial charge in [0.25, 0.3) is 0 Å². The summed E-state index contributed by atoms with van der Waals surface area (Å²) in [6.07, 6.45) is 1.67. The first-order chi connectivity index (χ1) is 4.74. The van der Waals surface area contributed by atoms with Crippen LogP contribution in [0.1, 0.15) is 11.4 Å². The average Bonchev–Trinajstić information content (AvgIpc) is 1.88. The van der Waals surface area contributed by atoms with Crippen molar-refractivity contribution in [3.8, 4) is 0 Å². The van der Waals surface area contributed by atoms with Crippen LogP contribution in [0.15, 0.2) is 6.20 Å². The van der Waals surface area contributed by atoms with Crippen LogP contribution in [0, 0.1) is 13.8 Å². The van der Waals surface area contributed by atoms with Crippen LogP contribution in [0.5, 0.6) is 0 Å². The molecular weight excluding hydrogens is 164 g/mol. The minimum atomic E-state index is 0. The molecular formula is C6H11ClN4. The molecule has 5 heteroatoms. The van der Waals surface area contributed by atoms with Crippen LogP contribution in [0.4, 0.5) is 5.82 Å². The van der Waals surface area contributed by atoms with Gasteiger partial charge in [-0.25, -0.2) is 10.8 Å². The molecule has 3 N–H and O–H groups in total. The van der Waals surface area contributed by atoms with Gasteiger partial charge in [-0.1, -0.05) is 0 Å². The van der Waals surface area contributed by atoms with Gasteiger partial charge in [0.15, 0.2) is 5.82 Å². The van der Waals surface area contributed by atoms with Crippen molar-refractivity contribution in [3.63, 3.8) is 0 Å². The predicted molar refractivity (Wildman–Crippen MR) is 46.6 cm³/mol. The van der Waals surface area contributed by atoms with E-state index in [0.29, 0.717) is 5.82 Å². The van der Waals surface area contributed by atoms with Gasteiger partial charge < -0.3 is 5.43 Å². The zero-order valence-corrected chi connectivity index (χ0v) is 7.27. The standard InChI is InChI=1S/C6H10N4.ClH/c1-4-3-8-6(10-7)5(2)9-4;/h3H,7H2,1-2H3,(H,8,10);1H. The normalized spacial score (nSPS) is 8.64. The third-order valence-electron chi connectivity index (χ3n) is 1.20. The fourth-order valence-corrected chi connectivity index (χ4v) is 0.739. The number of anilines is 1. The molecule has 0 saturated heterocycles. The summed E-state index contributed by atoms with van der Waals surface area (Å²) in [6.45, 7) is 3.75. The number of hydrazine groups is 1. The van der Waals surface area contributed by atoms with Crippen molar-refractivity contribution in [1.82, 2.24) is 9.97 Å². The van der Waals surface area contributed by atoms with Gasteiger partial charge in [-0.15, -0.1) is 12.4 Å². The van der Waals surface area contributed by atoms with Crippen molar-refractivity contribution >= 4 is 18.2 Å². The number of rotatable bonds is 1. The largest absolute Gasteiger partial charge is 0.307 e. The van der Waals surface area contributed by atoms with Crippen LogP contribution in [0.25, 0.3) is 0 Å². The van der Waals surface area contributed by atoms with Crippen molar-refractivity contribution in [2.75, 3.05) is 5.43 Å². The topological polar surface area (TPSA) is 63.8 Å². The van der Waals surface area contributed by atoms with E-state index in [1.807, 2.05) is 13.8 Å². The Morgan fingerprint density at radius 3 is 2.55 bits per heavy atom. The van der Waals surface area contributed by atoms with Crippen molar-refractivity contribution in [2.45, 2.75) is 13.8 Å². The summed E-state index contributed by atoms with van der Waals surface area (Å²) in [5, 5.41) is 0. The lowest BCUT2D eigenvalue weighted by Gasteiger charge is -2.01. The third kappa shape index (κ3) is 2.32. The Morgan fingerprint density at radius 1 is 1.45 bits per heavy atom. The molecule has 1 heterocycles. The second-order valence-electron chi connectivity index (χ2n) is 2.09. The number of nitrogens with two attached hydrogens (primary N) is 1. The number of hydrogen-bond donors (Lipinski definition) is 2. The van der Waals surface area contributed by atoms with Crippen molar-refractivity contribution < 1.29 is 0 Å². The summed E-state index contributed by atoms with van der Waals surface area (Å²) in [4.78, 5) is 8.14. The van der Waals surface area contributed by atoms with Crippen LogP contribution in [0.2, 0.25) is 0 Å². The fraction of sp³-hybridized carbons (Fsp3) is 0.333. The van der Waals surface area contributed by atoms with E-state index in [2.05, 4.69) is 15.4 Å². The molecule has 1 aromatic heterocycles. The predicted octanol–water partition coefficient (Wildman–Crippen LogP) is 0.801. The second-order valence-corrected chi connectivity index (χ2v) is 2.09. The molecule has 0 fully saturated rings. The number of aromatic nitrogens is 2. The smallest absolute Gasteiger partial charge is 0.161 e. The molecule has 0 bridgehead atoms. The van der Waals surface area contributed by atoms with Crippen LogP contribution >= 0.6 is 12.4 Å². The summed E-state index contributed by atoms with van der Waals surface area (Å²) in [5.74, 6) is 5.78. The van der Waals surface area contributed by atoms with Crippen LogP contribution in [-0.2, 0) is 0 Å². The number of nitrogens with zero attached hydrogens (tertiary/aromatic N) is 2. The van der Waals surface area contributed by atoms with Crippen LogP contribution < -0.4 is 11.3 Å². The van der Waals surface area contributed by atoms with Crippen LogP contribution in [0.3, 0.4) is 0 Å². The molecule has 0 aromatic carbocycles. The van der Waals surface area contributed by atoms with Gasteiger partial charge in [0, 0.05) is 0 Å². The summed E-state index contributed by atoms with van der Waals surface area (Å²) in [5.41, 5.74) is 4.17. The van der Waals surface area contributed by atoms with Gasteiger partial charge in [-0.05, 0) is 13.8 Å². The fourth-order valence-electron chi connectivity index (χ4n) is 0.739. The van der Waals surface area contributed by atoms with Gasteiger partial charge in [0.1, 0.15) is 0 Å². The van der Waals surface area contributed by atoms with E-state index in [9.17, 15) is 0 Å². The molecule has 0 aliphatic rings. The van der Waals surface area contributed by atoms with Gasteiger partial charge in [0.2, 0.25) is 0 Å². The third-order valence-corrected chi connectivity index (χ3v) is 1.20. The molecule has 0 spiro atoms. The summed E-state index contributed by atoms with van der Waals surface area (Å²) in [6, 6.07) is 0. The molecule has 1 aromatic rings. The highest BCUT2D eigenvalue weighted by Crippen LogP contribution is 2.05. The maximum Gasteiger partial charge on any atom is 0.161 e. The van der Waals surface area contributed by atoms with E-state index in [-0.39, 0.29) is 12.4 Å². The van der Waals surface area contributed by atoms with Crippen molar-refractivity contribution in [1.29, 1.82) is 0 Å². The molecule has 4 nitrogen and oxygen atoms in total. The van der Waals surface area contributed by atoms with E-state index < -0.39 is 0 Å². The minimum Gasteiger partial charge on any atom is -0.307 e. The Labute approximate surface area is 71.6 Å². The Hall–Kier alpha value is -0.870. The summed E-state index contributed by atoms with van der Waals surface area (Å²) >= 11 is 0. The first-order valence-corrected chi connectivity index (χ1v) is 3.01. The zero-order valence-electron chi connectivity index (χ0n) is 6.46. The van der Waals surface area contributed by atoms with Gasteiger partial charge >= 0.3 is 0 Å². The lowest BCUT2D eigenvalue weighted by atomic mass is 10.4. The summed E-state index contributed by atoms with van der Waals surface area (Å²) in [7, 11) is 0. The molecule has 1 rings (SSSR count). The Kier molecular flexibility index (Phi) is 3.78. The molecule has 0 amide bonds. The van der Waals surface area contributed by atoms with Crippen molar-refractivity contribution in [3.05, 3.63) is 17.6 Å². The second kappa shape index (κ2) is 4.10. The van der Waals surface area contributed by atoms with E-state index in [1.165, 1.54) is 0 Å². The molecule has 62 valence electrons. The average molecular weight is 175 g/mol. The number of halogens is 1. The van der Waals surface area contributed by atoms with E-state index in [1.54, 1.807) is 6.20 Å². The molecule has 0 aliphatic heterocycles. The van der Waals surface area contributed by atoms with E-state index in [4.69, 9.17) is 5.84 Å². The molecule has 11 heavy (non-hydrogen) atoms. The van der Waals surface area contributed by atoms with Crippen LogP contribution in [-0.4, -0.2) is 9.97 Å². The number of aryl methyl sites for hydroxylation is 2. The lowest BCUT2D eigenvalue weighted by Crippen LogP contribution is -2.11. The maximum absolute atomic E-state index is 5.15. The Bertz CT molecular complexity index is 238. The van der Waals surface area contributed by atoms with Gasteiger partial charge in [-0.2, -0.15) is 0 Å².